The number of nitrogens with zero attached hydrogens (tertiary/aromatic N) is 5. The average molecular weight is 487 g/mol. The summed E-state index contributed by atoms with van der Waals surface area (Å²) in [6.07, 6.45) is 10.5. The van der Waals surface area contributed by atoms with E-state index in [1.165, 1.54) is 24.8 Å². The van der Waals surface area contributed by atoms with Crippen molar-refractivity contribution in [3.8, 4) is 11.4 Å². The van der Waals surface area contributed by atoms with Gasteiger partial charge in [-0.2, -0.15) is 0 Å². The van der Waals surface area contributed by atoms with E-state index in [-0.39, 0.29) is 11.9 Å². The smallest absolute Gasteiger partial charge is 0.167 e. The summed E-state index contributed by atoms with van der Waals surface area (Å²) in [7, 11) is 0. The number of hydrogen-bond acceptors (Lipinski definition) is 9. The summed E-state index contributed by atoms with van der Waals surface area (Å²) in [6.45, 7) is 1.36. The summed E-state index contributed by atoms with van der Waals surface area (Å²) in [5.74, 6) is 1.70. The van der Waals surface area contributed by atoms with Crippen molar-refractivity contribution in [2.24, 2.45) is 0 Å². The lowest BCUT2D eigenvalue weighted by molar-refractivity contribution is 0.128. The predicted molar refractivity (Wildman–Crippen MR) is 136 cm³/mol. The standard InChI is InChI=1S/C26H27FN8O/c27-18-5-2-8-31-25(18)34-22-11-16(6-10-30-22)24-33-20-13-29-12-17(15-3-1-4-15)23(20)26(35-24)32-19-7-9-28-14-21(19)36/h2,5-6,8,10-13,15,19,21,28,36H,1,3-4,7,9,14H2,(H,30,31,34)(H,32,33,35)/t19-,21+/m1/s1. The first-order valence-electron chi connectivity index (χ1n) is 12.3. The van der Waals surface area contributed by atoms with E-state index >= 15 is 0 Å². The van der Waals surface area contributed by atoms with E-state index in [9.17, 15) is 9.50 Å². The van der Waals surface area contributed by atoms with Crippen molar-refractivity contribution in [3.63, 3.8) is 0 Å². The highest BCUT2D eigenvalue weighted by Gasteiger charge is 2.28. The molecule has 0 radical (unpaired) electrons. The minimum Gasteiger partial charge on any atom is -0.390 e. The Kier molecular flexibility index (Phi) is 6.12. The van der Waals surface area contributed by atoms with Gasteiger partial charge >= 0.3 is 0 Å². The number of aliphatic hydroxyl groups is 1. The van der Waals surface area contributed by atoms with Crippen LogP contribution in [0.4, 0.5) is 21.8 Å². The van der Waals surface area contributed by atoms with E-state index in [0.29, 0.717) is 35.5 Å². The maximum absolute atomic E-state index is 14.1. The highest BCUT2D eigenvalue weighted by atomic mass is 19.1. The number of aromatic nitrogens is 5. The van der Waals surface area contributed by atoms with Gasteiger partial charge in [-0.05, 0) is 61.6 Å². The largest absolute Gasteiger partial charge is 0.390 e. The van der Waals surface area contributed by atoms with E-state index in [1.54, 1.807) is 18.5 Å². The van der Waals surface area contributed by atoms with Crippen molar-refractivity contribution in [3.05, 3.63) is 60.4 Å². The van der Waals surface area contributed by atoms with Crippen LogP contribution < -0.4 is 16.0 Å². The summed E-state index contributed by atoms with van der Waals surface area (Å²) in [5, 5.41) is 21.2. The van der Waals surface area contributed by atoms with Crippen LogP contribution in [-0.2, 0) is 0 Å². The van der Waals surface area contributed by atoms with Gasteiger partial charge in [-0.25, -0.2) is 24.3 Å². The van der Waals surface area contributed by atoms with Crippen molar-refractivity contribution in [2.75, 3.05) is 23.7 Å². The van der Waals surface area contributed by atoms with Crippen LogP contribution in [-0.4, -0.2) is 55.3 Å². The Balaban J connectivity index is 1.42. The highest BCUT2D eigenvalue weighted by molar-refractivity contribution is 5.93. The summed E-state index contributed by atoms with van der Waals surface area (Å²) in [4.78, 5) is 22.6. The third-order valence-electron chi connectivity index (χ3n) is 6.98. The van der Waals surface area contributed by atoms with Crippen LogP contribution in [0.2, 0.25) is 0 Å². The van der Waals surface area contributed by atoms with E-state index < -0.39 is 11.9 Å². The van der Waals surface area contributed by atoms with Crippen LogP contribution in [0, 0.1) is 5.82 Å². The second-order valence-corrected chi connectivity index (χ2v) is 9.35. The van der Waals surface area contributed by atoms with Gasteiger partial charge in [0.15, 0.2) is 17.5 Å². The van der Waals surface area contributed by atoms with E-state index in [0.717, 1.165) is 42.3 Å². The molecule has 2 fully saturated rings. The lowest BCUT2D eigenvalue weighted by Crippen LogP contribution is -2.47. The zero-order valence-electron chi connectivity index (χ0n) is 19.7. The molecular formula is C26H27FN8O. The van der Waals surface area contributed by atoms with Gasteiger partial charge in [-0.15, -0.1) is 0 Å². The van der Waals surface area contributed by atoms with Gasteiger partial charge in [0.05, 0.1) is 23.9 Å². The topological polar surface area (TPSA) is 121 Å². The second-order valence-electron chi connectivity index (χ2n) is 9.35. The molecule has 0 unspecified atom stereocenters. The molecule has 0 spiro atoms. The van der Waals surface area contributed by atoms with E-state index in [4.69, 9.17) is 9.97 Å². The van der Waals surface area contributed by atoms with Gasteiger partial charge in [0.1, 0.15) is 11.6 Å². The van der Waals surface area contributed by atoms with Crippen LogP contribution in [0.15, 0.2) is 49.1 Å². The third-order valence-corrected chi connectivity index (χ3v) is 6.98. The molecule has 0 amide bonds. The summed E-state index contributed by atoms with van der Waals surface area (Å²) in [6, 6.07) is 6.33. The third kappa shape index (κ3) is 4.45. The van der Waals surface area contributed by atoms with E-state index in [2.05, 4.69) is 30.9 Å². The number of nitrogens with one attached hydrogen (secondary N) is 3. The molecule has 36 heavy (non-hydrogen) atoms. The fourth-order valence-corrected chi connectivity index (χ4v) is 4.79. The first-order valence-corrected chi connectivity index (χ1v) is 12.3. The molecule has 6 rings (SSSR count). The van der Waals surface area contributed by atoms with E-state index in [1.807, 2.05) is 12.3 Å². The Bertz CT molecular complexity index is 1400. The molecule has 4 aromatic heterocycles. The van der Waals surface area contributed by atoms with Gasteiger partial charge in [-0.3, -0.25) is 4.98 Å². The molecule has 184 valence electrons. The van der Waals surface area contributed by atoms with Gasteiger partial charge in [0, 0.05) is 36.1 Å². The Morgan fingerprint density at radius 3 is 2.75 bits per heavy atom. The summed E-state index contributed by atoms with van der Waals surface area (Å²) in [5.41, 5.74) is 2.62. The normalized spacial score (nSPS) is 20.2. The Morgan fingerprint density at radius 1 is 1.03 bits per heavy atom. The summed E-state index contributed by atoms with van der Waals surface area (Å²) >= 11 is 0. The van der Waals surface area contributed by atoms with Crippen molar-refractivity contribution in [1.82, 2.24) is 30.2 Å². The lowest BCUT2D eigenvalue weighted by atomic mass is 9.79. The molecule has 4 N–H and O–H groups in total. The van der Waals surface area contributed by atoms with Gasteiger partial charge in [0.2, 0.25) is 0 Å². The molecule has 0 bridgehead atoms. The molecule has 1 saturated heterocycles. The molecule has 1 saturated carbocycles. The zero-order chi connectivity index (χ0) is 24.5. The maximum atomic E-state index is 14.1. The van der Waals surface area contributed by atoms with Crippen molar-refractivity contribution < 1.29 is 9.50 Å². The number of fused-ring (bicyclic) bond motifs is 1. The van der Waals surface area contributed by atoms with Crippen molar-refractivity contribution in [2.45, 2.75) is 43.7 Å². The fourth-order valence-electron chi connectivity index (χ4n) is 4.79. The van der Waals surface area contributed by atoms with Gasteiger partial charge in [-0.1, -0.05) is 6.42 Å². The Morgan fingerprint density at radius 2 is 1.94 bits per heavy atom. The molecule has 10 heteroatoms. The van der Waals surface area contributed by atoms with Crippen molar-refractivity contribution >= 4 is 28.4 Å². The molecule has 0 aromatic carbocycles. The Hall–Kier alpha value is -3.76. The molecule has 1 aliphatic carbocycles. The SMILES string of the molecule is O[C@H]1CNCC[C@H]1Nc1nc(-c2ccnc(Nc3ncccc3F)c2)nc2cncc(C3CCC3)c12. The average Bonchev–Trinajstić information content (AvgIpc) is 2.86. The molecule has 2 aliphatic rings. The van der Waals surface area contributed by atoms with Crippen LogP contribution in [0.1, 0.15) is 37.2 Å². The first kappa shape index (κ1) is 22.7. The number of hydrogen-bond donors (Lipinski definition) is 4. The molecular weight excluding hydrogens is 459 g/mol. The first-order chi connectivity index (χ1) is 17.7. The molecule has 4 aromatic rings. The van der Waals surface area contributed by atoms with Gasteiger partial charge in [0.25, 0.3) is 0 Å². The number of aliphatic hydroxyl groups excluding tert-OH is 1. The van der Waals surface area contributed by atoms with Crippen LogP contribution in [0.3, 0.4) is 0 Å². The number of rotatable bonds is 6. The molecule has 1 aliphatic heterocycles. The molecule has 5 heterocycles. The number of anilines is 3. The molecule has 9 nitrogen and oxygen atoms in total. The zero-order valence-corrected chi connectivity index (χ0v) is 19.7. The predicted octanol–water partition coefficient (Wildman–Crippen LogP) is 3.77. The number of pyridine rings is 3. The molecule has 2 atom stereocenters. The Labute approximate surface area is 207 Å². The summed E-state index contributed by atoms with van der Waals surface area (Å²) < 4.78 is 14.1. The second kappa shape index (κ2) is 9.71. The minimum absolute atomic E-state index is 0.0955. The van der Waals surface area contributed by atoms with Crippen LogP contribution in [0.25, 0.3) is 22.3 Å². The van der Waals surface area contributed by atoms with Crippen LogP contribution >= 0.6 is 0 Å². The number of halogens is 1. The quantitative estimate of drug-likeness (QED) is 0.323. The lowest BCUT2D eigenvalue weighted by Gasteiger charge is -2.31. The number of piperidine rings is 1. The monoisotopic (exact) mass is 486 g/mol. The maximum Gasteiger partial charge on any atom is 0.167 e. The van der Waals surface area contributed by atoms with Crippen LogP contribution in [0.5, 0.6) is 0 Å². The van der Waals surface area contributed by atoms with Gasteiger partial charge < -0.3 is 21.1 Å². The number of β-amino-alcohol motifs (C(OH)–C–C–N with tert-alkyl or cyclic N) is 1. The van der Waals surface area contributed by atoms with Crippen molar-refractivity contribution in [1.29, 1.82) is 0 Å². The highest BCUT2D eigenvalue weighted by Crippen LogP contribution is 2.41. The fraction of sp³-hybridized carbons (Fsp3) is 0.346. The minimum atomic E-state index is -0.522.